The summed E-state index contributed by atoms with van der Waals surface area (Å²) in [6.45, 7) is 0.00822. The van der Waals surface area contributed by atoms with Crippen molar-refractivity contribution < 1.29 is 14.0 Å². The molecule has 0 saturated carbocycles. The van der Waals surface area contributed by atoms with Crippen molar-refractivity contribution in [1.29, 1.82) is 0 Å². The van der Waals surface area contributed by atoms with Gasteiger partial charge in [-0.3, -0.25) is 9.59 Å². The first-order valence-electron chi connectivity index (χ1n) is 6.42. The summed E-state index contributed by atoms with van der Waals surface area (Å²) in [7, 11) is 0. The number of carbonyl (C=O) groups excluding carboxylic acids is 2. The number of para-hydroxylation sites is 1. The van der Waals surface area contributed by atoms with E-state index in [1.54, 1.807) is 35.4 Å². The smallest absolute Gasteiger partial charge is 0.258 e. The molecule has 1 N–H and O–H groups in total. The predicted molar refractivity (Wildman–Crippen MR) is 75.9 cm³/mol. The Labute approximate surface area is 120 Å². The summed E-state index contributed by atoms with van der Waals surface area (Å²) in [6, 6.07) is 5.96. The molecule has 3 rings (SSSR count). The molecular weight excluding hydrogens is 273 g/mol. The van der Waals surface area contributed by atoms with Crippen LogP contribution in [-0.4, -0.2) is 29.5 Å². The minimum Gasteiger partial charge on any atom is -0.341 e. The number of allylic oxidation sites excluding steroid dienone is 1. The zero-order valence-electron chi connectivity index (χ0n) is 11.0. The van der Waals surface area contributed by atoms with E-state index in [2.05, 4.69) is 10.3 Å². The van der Waals surface area contributed by atoms with E-state index in [-0.39, 0.29) is 24.0 Å². The number of dihydropyridines is 1. The average Bonchev–Trinajstić information content (AvgIpc) is 2.86. The first-order chi connectivity index (χ1) is 10.1. The van der Waals surface area contributed by atoms with Gasteiger partial charge >= 0.3 is 0 Å². The average molecular weight is 285 g/mol. The van der Waals surface area contributed by atoms with Gasteiger partial charge < -0.3 is 10.2 Å². The number of carbonyl (C=O) groups is 2. The van der Waals surface area contributed by atoms with Gasteiger partial charge in [0.15, 0.2) is 0 Å². The van der Waals surface area contributed by atoms with Gasteiger partial charge in [-0.15, -0.1) is 0 Å². The van der Waals surface area contributed by atoms with Crippen LogP contribution in [0, 0.1) is 11.7 Å². The SMILES string of the molecule is O=C(CN1C=CC2C(=O)N=CC=C21)Nc1ccccc1F. The Morgan fingerprint density at radius 1 is 1.38 bits per heavy atom. The van der Waals surface area contributed by atoms with Crippen LogP contribution >= 0.6 is 0 Å². The first kappa shape index (κ1) is 13.2. The van der Waals surface area contributed by atoms with E-state index < -0.39 is 11.7 Å². The molecule has 0 bridgehead atoms. The molecule has 0 spiro atoms. The molecule has 1 unspecified atom stereocenters. The van der Waals surface area contributed by atoms with Crippen LogP contribution in [0.5, 0.6) is 0 Å². The molecule has 0 fully saturated rings. The van der Waals surface area contributed by atoms with E-state index in [1.807, 2.05) is 0 Å². The van der Waals surface area contributed by atoms with E-state index >= 15 is 0 Å². The van der Waals surface area contributed by atoms with E-state index in [9.17, 15) is 14.0 Å². The third-order valence-electron chi connectivity index (χ3n) is 3.28. The van der Waals surface area contributed by atoms with Crippen LogP contribution in [0.2, 0.25) is 0 Å². The number of nitrogens with zero attached hydrogens (tertiary/aromatic N) is 2. The van der Waals surface area contributed by atoms with Gasteiger partial charge in [-0.2, -0.15) is 0 Å². The summed E-state index contributed by atoms with van der Waals surface area (Å²) >= 11 is 0. The van der Waals surface area contributed by atoms with Gasteiger partial charge in [0.05, 0.1) is 5.69 Å². The van der Waals surface area contributed by atoms with Gasteiger partial charge in [0.1, 0.15) is 18.3 Å². The molecule has 1 atom stereocenters. The normalized spacial score (nSPS) is 19.5. The van der Waals surface area contributed by atoms with Crippen molar-refractivity contribution in [3.05, 3.63) is 54.1 Å². The van der Waals surface area contributed by atoms with Crippen LogP contribution in [0.3, 0.4) is 0 Å². The Kier molecular flexibility index (Phi) is 3.35. The number of hydrogen-bond donors (Lipinski definition) is 1. The Morgan fingerprint density at radius 2 is 2.19 bits per heavy atom. The molecule has 21 heavy (non-hydrogen) atoms. The number of rotatable bonds is 3. The second-order valence-electron chi connectivity index (χ2n) is 4.68. The molecule has 106 valence electrons. The summed E-state index contributed by atoms with van der Waals surface area (Å²) in [5.74, 6) is -1.52. The number of fused-ring (bicyclic) bond motifs is 1. The second kappa shape index (κ2) is 5.32. The molecule has 1 aromatic carbocycles. The van der Waals surface area contributed by atoms with Crippen molar-refractivity contribution in [3.63, 3.8) is 0 Å². The molecule has 0 aromatic heterocycles. The standard InChI is InChI=1S/C15H12FN3O2/c16-11-3-1-2-4-12(11)18-14(20)9-19-8-6-10-13(19)5-7-17-15(10)21/h1-8,10H,9H2,(H,18,20). The third kappa shape index (κ3) is 2.60. The number of anilines is 1. The van der Waals surface area contributed by atoms with Crippen LogP contribution in [0.15, 0.2) is 53.3 Å². The highest BCUT2D eigenvalue weighted by atomic mass is 19.1. The Morgan fingerprint density at radius 3 is 3.00 bits per heavy atom. The van der Waals surface area contributed by atoms with Crippen LogP contribution < -0.4 is 5.32 Å². The fourth-order valence-electron chi connectivity index (χ4n) is 2.28. The van der Waals surface area contributed by atoms with Gasteiger partial charge in [0.2, 0.25) is 5.91 Å². The van der Waals surface area contributed by atoms with Gasteiger partial charge in [-0.1, -0.05) is 12.1 Å². The highest BCUT2D eigenvalue weighted by Gasteiger charge is 2.30. The molecule has 2 aliphatic rings. The maximum absolute atomic E-state index is 13.5. The number of benzene rings is 1. The van der Waals surface area contributed by atoms with E-state index in [0.717, 1.165) is 0 Å². The summed E-state index contributed by atoms with van der Waals surface area (Å²) in [6.07, 6.45) is 6.48. The zero-order valence-corrected chi connectivity index (χ0v) is 11.0. The molecule has 2 heterocycles. The summed E-state index contributed by atoms with van der Waals surface area (Å²) < 4.78 is 13.5. The molecule has 6 heteroatoms. The van der Waals surface area contributed by atoms with Gasteiger partial charge in [0, 0.05) is 18.1 Å². The summed E-state index contributed by atoms with van der Waals surface area (Å²) in [4.78, 5) is 28.9. The Balaban J connectivity index is 1.68. The maximum Gasteiger partial charge on any atom is 0.258 e. The lowest BCUT2D eigenvalue weighted by atomic mass is 10.0. The predicted octanol–water partition coefficient (Wildman–Crippen LogP) is 1.70. The summed E-state index contributed by atoms with van der Waals surface area (Å²) in [5, 5.41) is 2.51. The van der Waals surface area contributed by atoms with Crippen LogP contribution in [-0.2, 0) is 9.59 Å². The Hall–Kier alpha value is -2.76. The van der Waals surface area contributed by atoms with Crippen LogP contribution in [0.1, 0.15) is 0 Å². The van der Waals surface area contributed by atoms with Crippen LogP contribution in [0.4, 0.5) is 10.1 Å². The molecule has 1 aromatic rings. The fourth-order valence-corrected chi connectivity index (χ4v) is 2.28. The number of nitrogens with one attached hydrogen (secondary N) is 1. The Bertz CT molecular complexity index is 694. The number of halogens is 1. The molecular formula is C15H12FN3O2. The number of amides is 2. The number of hydrogen-bond acceptors (Lipinski definition) is 3. The van der Waals surface area contributed by atoms with Crippen molar-refractivity contribution in [2.24, 2.45) is 10.9 Å². The van der Waals surface area contributed by atoms with Gasteiger partial charge in [-0.05, 0) is 24.3 Å². The lowest BCUT2D eigenvalue weighted by molar-refractivity contribution is -0.120. The van der Waals surface area contributed by atoms with Crippen molar-refractivity contribution in [1.82, 2.24) is 4.90 Å². The fraction of sp³-hybridized carbons (Fsp3) is 0.133. The minimum atomic E-state index is -0.486. The molecule has 0 aliphatic carbocycles. The second-order valence-corrected chi connectivity index (χ2v) is 4.68. The van der Waals surface area contributed by atoms with Crippen LogP contribution in [0.25, 0.3) is 0 Å². The van der Waals surface area contributed by atoms with Gasteiger partial charge in [0.25, 0.3) is 5.91 Å². The molecule has 0 saturated heterocycles. The lowest BCUT2D eigenvalue weighted by Crippen LogP contribution is -2.30. The van der Waals surface area contributed by atoms with E-state index in [0.29, 0.717) is 5.70 Å². The quantitative estimate of drug-likeness (QED) is 0.919. The third-order valence-corrected chi connectivity index (χ3v) is 3.28. The largest absolute Gasteiger partial charge is 0.341 e. The monoisotopic (exact) mass is 285 g/mol. The highest BCUT2D eigenvalue weighted by Crippen LogP contribution is 2.27. The molecule has 5 nitrogen and oxygen atoms in total. The number of aliphatic imine (C=N–C) groups is 1. The maximum atomic E-state index is 13.5. The van der Waals surface area contributed by atoms with E-state index in [1.165, 1.54) is 18.3 Å². The highest BCUT2D eigenvalue weighted by molar-refractivity contribution is 5.98. The summed E-state index contributed by atoms with van der Waals surface area (Å²) in [5.41, 5.74) is 0.844. The van der Waals surface area contributed by atoms with Crippen molar-refractivity contribution in [3.8, 4) is 0 Å². The van der Waals surface area contributed by atoms with Crippen molar-refractivity contribution >= 4 is 23.7 Å². The first-order valence-corrected chi connectivity index (χ1v) is 6.42. The minimum absolute atomic E-state index is 0.00822. The molecule has 2 aliphatic heterocycles. The lowest BCUT2D eigenvalue weighted by Gasteiger charge is -2.21. The molecule has 2 amide bonds. The van der Waals surface area contributed by atoms with E-state index in [4.69, 9.17) is 0 Å². The van der Waals surface area contributed by atoms with Crippen molar-refractivity contribution in [2.75, 3.05) is 11.9 Å². The molecule has 0 radical (unpaired) electrons. The van der Waals surface area contributed by atoms with Crippen molar-refractivity contribution in [2.45, 2.75) is 0 Å². The van der Waals surface area contributed by atoms with Gasteiger partial charge in [-0.25, -0.2) is 9.38 Å². The zero-order chi connectivity index (χ0) is 14.8. The topological polar surface area (TPSA) is 61.8 Å².